The molecule has 1 fully saturated rings. The Kier molecular flexibility index (Phi) is 4.57. The summed E-state index contributed by atoms with van der Waals surface area (Å²) in [5, 5.41) is 10.8. The van der Waals surface area contributed by atoms with Gasteiger partial charge in [-0.3, -0.25) is 0 Å². The summed E-state index contributed by atoms with van der Waals surface area (Å²) in [6, 6.07) is 12.1. The molecule has 1 aromatic heterocycles. The van der Waals surface area contributed by atoms with Gasteiger partial charge in [0.1, 0.15) is 17.7 Å². The van der Waals surface area contributed by atoms with Gasteiger partial charge < -0.3 is 19.7 Å². The monoisotopic (exact) mass is 377 g/mol. The first kappa shape index (κ1) is 17.7. The highest BCUT2D eigenvalue weighted by Gasteiger charge is 2.29. The number of phenolic OH excluding ortho intramolecular Hbond substituents is 1. The third kappa shape index (κ3) is 3.29. The van der Waals surface area contributed by atoms with Gasteiger partial charge in [-0.2, -0.15) is 0 Å². The lowest BCUT2D eigenvalue weighted by molar-refractivity contribution is -0.0271. The number of hydrogen-bond donors (Lipinski definition) is 2. The zero-order valence-corrected chi connectivity index (χ0v) is 16.3. The fourth-order valence-electron chi connectivity index (χ4n) is 4.54. The predicted octanol–water partition coefficient (Wildman–Crippen LogP) is 3.96. The number of likely N-dealkylation sites (tertiary alicyclic amines) is 1. The van der Waals surface area contributed by atoms with E-state index in [-0.39, 0.29) is 12.2 Å². The Morgan fingerprint density at radius 1 is 1.14 bits per heavy atom. The number of piperidine rings is 1. The fourth-order valence-corrected chi connectivity index (χ4v) is 4.54. The molecular weight excluding hydrogens is 350 g/mol. The minimum absolute atomic E-state index is 0.169. The van der Waals surface area contributed by atoms with Crippen LogP contribution in [0.2, 0.25) is 0 Å². The summed E-state index contributed by atoms with van der Waals surface area (Å²) < 4.78 is 6.60. The van der Waals surface area contributed by atoms with E-state index in [2.05, 4.69) is 23.0 Å². The van der Waals surface area contributed by atoms with Crippen LogP contribution < -0.4 is 0 Å². The number of benzene rings is 2. The number of rotatable bonds is 4. The lowest BCUT2D eigenvalue weighted by Gasteiger charge is -2.31. The number of nitrogens with one attached hydrogen (secondary N) is 1. The minimum Gasteiger partial charge on any atom is -0.508 e. The number of imidazole rings is 1. The van der Waals surface area contributed by atoms with E-state index in [9.17, 15) is 5.11 Å². The van der Waals surface area contributed by atoms with Gasteiger partial charge in [0.05, 0.1) is 17.1 Å². The van der Waals surface area contributed by atoms with Crippen molar-refractivity contribution in [3.63, 3.8) is 0 Å². The third-order valence-corrected chi connectivity index (χ3v) is 6.17. The smallest absolute Gasteiger partial charge is 0.144 e. The van der Waals surface area contributed by atoms with Crippen molar-refractivity contribution in [2.45, 2.75) is 44.3 Å². The third-order valence-electron chi connectivity index (χ3n) is 6.17. The Hall–Kier alpha value is -2.37. The Labute approximate surface area is 165 Å². The maximum Gasteiger partial charge on any atom is 0.144 e. The molecule has 28 heavy (non-hydrogen) atoms. The van der Waals surface area contributed by atoms with Gasteiger partial charge in [0.15, 0.2) is 0 Å². The molecule has 0 amide bonds. The van der Waals surface area contributed by atoms with Crippen molar-refractivity contribution in [1.82, 2.24) is 14.9 Å². The molecule has 5 rings (SSSR count). The summed E-state index contributed by atoms with van der Waals surface area (Å²) in [6.07, 6.45) is 5.06. The molecule has 0 bridgehead atoms. The highest BCUT2D eigenvalue weighted by atomic mass is 16.5. The van der Waals surface area contributed by atoms with Gasteiger partial charge in [-0.15, -0.1) is 0 Å². The SMILES string of the molecule is CN1CCC(OC(c2nc3ccccc3[nH]2)c2cc3c(cc2O)CCC3)CC1. The number of hydrogen-bond acceptors (Lipinski definition) is 4. The average molecular weight is 377 g/mol. The second-order valence-corrected chi connectivity index (χ2v) is 8.19. The van der Waals surface area contributed by atoms with E-state index >= 15 is 0 Å². The van der Waals surface area contributed by atoms with Crippen molar-refractivity contribution in [3.05, 3.63) is 58.9 Å². The molecule has 2 aromatic carbocycles. The zero-order valence-electron chi connectivity index (χ0n) is 16.3. The van der Waals surface area contributed by atoms with Crippen molar-refractivity contribution < 1.29 is 9.84 Å². The molecule has 2 N–H and O–H groups in total. The lowest BCUT2D eigenvalue weighted by atomic mass is 10.00. The second-order valence-electron chi connectivity index (χ2n) is 8.19. The first-order valence-corrected chi connectivity index (χ1v) is 10.3. The molecule has 5 nitrogen and oxygen atoms in total. The Balaban J connectivity index is 1.54. The maximum atomic E-state index is 10.8. The number of aromatic amines is 1. The normalized spacial score (nSPS) is 19.2. The number of para-hydroxylation sites is 2. The van der Waals surface area contributed by atoms with Crippen molar-refractivity contribution in [2.24, 2.45) is 0 Å². The van der Waals surface area contributed by atoms with Gasteiger partial charge >= 0.3 is 0 Å². The molecule has 146 valence electrons. The highest BCUT2D eigenvalue weighted by Crippen LogP contribution is 2.38. The largest absolute Gasteiger partial charge is 0.508 e. The molecule has 2 aliphatic rings. The summed E-state index contributed by atoms with van der Waals surface area (Å²) in [4.78, 5) is 10.6. The van der Waals surface area contributed by atoms with Crippen LogP contribution >= 0.6 is 0 Å². The van der Waals surface area contributed by atoms with Crippen LogP contribution in [0.3, 0.4) is 0 Å². The number of aryl methyl sites for hydroxylation is 2. The molecular formula is C23H27N3O2. The van der Waals surface area contributed by atoms with Crippen LogP contribution in [0.15, 0.2) is 36.4 Å². The van der Waals surface area contributed by atoms with Crippen LogP contribution in [0.4, 0.5) is 0 Å². The molecule has 0 radical (unpaired) electrons. The van der Waals surface area contributed by atoms with E-state index in [1.54, 1.807) is 0 Å². The molecule has 3 aromatic rings. The first-order valence-electron chi connectivity index (χ1n) is 10.3. The minimum atomic E-state index is -0.383. The van der Waals surface area contributed by atoms with Crippen LogP contribution in [0.1, 0.15) is 47.9 Å². The predicted molar refractivity (Wildman–Crippen MR) is 110 cm³/mol. The fraction of sp³-hybridized carbons (Fsp3) is 0.435. The molecule has 1 saturated heterocycles. The van der Waals surface area contributed by atoms with Crippen LogP contribution in [0, 0.1) is 0 Å². The Bertz CT molecular complexity index is 956. The van der Waals surface area contributed by atoms with E-state index in [4.69, 9.17) is 9.72 Å². The van der Waals surface area contributed by atoms with E-state index in [1.807, 2.05) is 30.3 Å². The molecule has 1 atom stereocenters. The number of aromatic nitrogens is 2. The van der Waals surface area contributed by atoms with E-state index in [1.165, 1.54) is 11.1 Å². The first-order chi connectivity index (χ1) is 13.7. The van der Waals surface area contributed by atoms with Crippen LogP contribution in [0.25, 0.3) is 11.0 Å². The Morgan fingerprint density at radius 3 is 2.68 bits per heavy atom. The van der Waals surface area contributed by atoms with Crippen LogP contribution in [-0.4, -0.2) is 46.2 Å². The number of phenols is 1. The summed E-state index contributed by atoms with van der Waals surface area (Å²) in [7, 11) is 2.15. The van der Waals surface area contributed by atoms with Gasteiger partial charge in [0.2, 0.25) is 0 Å². The number of fused-ring (bicyclic) bond motifs is 2. The van der Waals surface area contributed by atoms with Gasteiger partial charge in [-0.25, -0.2) is 4.98 Å². The van der Waals surface area contributed by atoms with Crippen molar-refractivity contribution in [2.75, 3.05) is 20.1 Å². The van der Waals surface area contributed by atoms with Gasteiger partial charge in [0.25, 0.3) is 0 Å². The zero-order chi connectivity index (χ0) is 19.1. The summed E-state index contributed by atoms with van der Waals surface area (Å²) in [5.41, 5.74) is 5.36. The van der Waals surface area contributed by atoms with Gasteiger partial charge in [-0.05, 0) is 74.5 Å². The summed E-state index contributed by atoms with van der Waals surface area (Å²) in [6.45, 7) is 2.07. The lowest BCUT2D eigenvalue weighted by Crippen LogP contribution is -2.35. The van der Waals surface area contributed by atoms with Crippen LogP contribution in [0.5, 0.6) is 5.75 Å². The van der Waals surface area contributed by atoms with E-state index in [0.717, 1.165) is 67.6 Å². The quantitative estimate of drug-likeness (QED) is 0.723. The molecule has 1 aliphatic carbocycles. The second kappa shape index (κ2) is 7.22. The topological polar surface area (TPSA) is 61.4 Å². The number of ether oxygens (including phenoxy) is 1. The average Bonchev–Trinajstić information content (AvgIpc) is 3.33. The Morgan fingerprint density at radius 2 is 1.89 bits per heavy atom. The standard InChI is InChI=1S/C23H27N3O2/c1-26-11-9-17(10-12-26)28-22(23-24-19-7-2-3-8-20(19)25-23)18-13-15-5-4-6-16(15)14-21(18)27/h2-3,7-8,13-14,17,22,27H,4-6,9-12H2,1H3,(H,24,25). The molecule has 0 spiro atoms. The van der Waals surface area contributed by atoms with Gasteiger partial charge in [0, 0.05) is 18.7 Å². The van der Waals surface area contributed by atoms with Crippen molar-refractivity contribution >= 4 is 11.0 Å². The number of H-pyrrole nitrogens is 1. The highest BCUT2D eigenvalue weighted by molar-refractivity contribution is 5.75. The molecule has 2 heterocycles. The van der Waals surface area contributed by atoms with Crippen molar-refractivity contribution in [1.29, 1.82) is 0 Å². The van der Waals surface area contributed by atoms with Crippen molar-refractivity contribution in [3.8, 4) is 5.75 Å². The maximum absolute atomic E-state index is 10.8. The molecule has 1 unspecified atom stereocenters. The molecule has 0 saturated carbocycles. The molecule has 1 aliphatic heterocycles. The molecule has 5 heteroatoms. The van der Waals surface area contributed by atoms with E-state index in [0.29, 0.717) is 5.75 Å². The summed E-state index contributed by atoms with van der Waals surface area (Å²) >= 11 is 0. The van der Waals surface area contributed by atoms with E-state index < -0.39 is 0 Å². The number of aromatic hydroxyl groups is 1. The summed E-state index contributed by atoms with van der Waals surface area (Å²) in [5.74, 6) is 1.09. The number of nitrogens with zero attached hydrogens (tertiary/aromatic N) is 2. The van der Waals surface area contributed by atoms with Crippen LogP contribution in [-0.2, 0) is 17.6 Å². The van der Waals surface area contributed by atoms with Gasteiger partial charge in [-0.1, -0.05) is 12.1 Å².